The molecule has 0 radical (unpaired) electrons. The zero-order chi connectivity index (χ0) is 15.9. The lowest BCUT2D eigenvalue weighted by Gasteiger charge is -2.12. The molecule has 0 saturated carbocycles. The Hall–Kier alpha value is -0.160. The van der Waals surface area contributed by atoms with Gasteiger partial charge in [-0.2, -0.15) is 0 Å². The van der Waals surface area contributed by atoms with Crippen LogP contribution in [0.3, 0.4) is 0 Å². The maximum Gasteiger partial charge on any atom is 0.177 e. The molecule has 2 aromatic carbocycles. The Balaban J connectivity index is 2.74. The van der Waals surface area contributed by atoms with Crippen LogP contribution in [0, 0.1) is 0 Å². The van der Waals surface area contributed by atoms with Gasteiger partial charge in [-0.1, -0.05) is 70.1 Å². The Morgan fingerprint density at radius 1 is 0.714 bits per heavy atom. The third-order valence-electron chi connectivity index (χ3n) is 2.77. The van der Waals surface area contributed by atoms with E-state index in [4.69, 9.17) is 58.0 Å². The first-order chi connectivity index (χ1) is 9.64. The second-order valence-electron chi connectivity index (χ2n) is 4.23. The molecule has 112 valence electrons. The maximum absolute atomic E-state index is 11.6. The van der Waals surface area contributed by atoms with E-state index in [-0.39, 0.29) is 25.0 Å². The second-order valence-corrected chi connectivity index (χ2v) is 8.14. The Kier molecular flexibility index (Phi) is 5.04. The zero-order valence-electron chi connectivity index (χ0n) is 10.4. The fraction of sp³-hybridized carbons (Fsp3) is 0.0769. The summed E-state index contributed by atoms with van der Waals surface area (Å²) in [6.45, 7) is 0. The number of sulfone groups is 1. The molecule has 0 saturated heterocycles. The normalized spacial score (nSPS) is 11.7. The van der Waals surface area contributed by atoms with Crippen LogP contribution in [0.25, 0.3) is 11.1 Å². The monoisotopic (exact) mass is 402 g/mol. The molecule has 0 amide bonds. The van der Waals surface area contributed by atoms with Gasteiger partial charge in [0.25, 0.3) is 0 Å². The summed E-state index contributed by atoms with van der Waals surface area (Å²) in [5, 5.41) is 0.739. The summed E-state index contributed by atoms with van der Waals surface area (Å²) in [7, 11) is -3.48. The van der Waals surface area contributed by atoms with Gasteiger partial charge in [0, 0.05) is 17.4 Å². The highest BCUT2D eigenvalue weighted by Gasteiger charge is 2.20. The van der Waals surface area contributed by atoms with Gasteiger partial charge in [0.2, 0.25) is 0 Å². The van der Waals surface area contributed by atoms with Crippen LogP contribution in [-0.4, -0.2) is 14.7 Å². The Labute approximate surface area is 147 Å². The van der Waals surface area contributed by atoms with Crippen molar-refractivity contribution in [3.63, 3.8) is 0 Å². The Bertz CT molecular complexity index is 831. The van der Waals surface area contributed by atoms with Crippen LogP contribution in [0.2, 0.25) is 25.1 Å². The molecule has 21 heavy (non-hydrogen) atoms. The summed E-state index contributed by atoms with van der Waals surface area (Å²) in [5.41, 5.74) is 0.982. The molecule has 2 rings (SSSR count). The van der Waals surface area contributed by atoms with Crippen LogP contribution in [0.4, 0.5) is 0 Å². The van der Waals surface area contributed by atoms with Gasteiger partial charge in [-0.25, -0.2) is 8.42 Å². The summed E-state index contributed by atoms with van der Waals surface area (Å²) in [6, 6.07) is 6.10. The largest absolute Gasteiger partial charge is 0.224 e. The van der Waals surface area contributed by atoms with E-state index >= 15 is 0 Å². The highest BCUT2D eigenvalue weighted by atomic mass is 35.5. The average Bonchev–Trinajstić information content (AvgIpc) is 2.39. The van der Waals surface area contributed by atoms with Crippen molar-refractivity contribution in [3.8, 4) is 11.1 Å². The average molecular weight is 405 g/mol. The molecular weight excluding hydrogens is 397 g/mol. The van der Waals surface area contributed by atoms with Crippen LogP contribution < -0.4 is 0 Å². The van der Waals surface area contributed by atoms with Crippen molar-refractivity contribution in [1.82, 2.24) is 0 Å². The van der Waals surface area contributed by atoms with Crippen molar-refractivity contribution >= 4 is 67.8 Å². The van der Waals surface area contributed by atoms with Crippen LogP contribution >= 0.6 is 58.0 Å². The van der Waals surface area contributed by atoms with Gasteiger partial charge in [0.15, 0.2) is 9.84 Å². The molecule has 0 spiro atoms. The third-order valence-corrected chi connectivity index (χ3v) is 6.20. The highest BCUT2D eigenvalue weighted by Crippen LogP contribution is 2.43. The van der Waals surface area contributed by atoms with Gasteiger partial charge in [0.1, 0.15) is 0 Å². The molecule has 0 unspecified atom stereocenters. The summed E-state index contributed by atoms with van der Waals surface area (Å²) in [6.07, 6.45) is 1.05. The van der Waals surface area contributed by atoms with Crippen molar-refractivity contribution < 1.29 is 8.42 Å². The van der Waals surface area contributed by atoms with Gasteiger partial charge < -0.3 is 0 Å². The molecule has 0 aromatic heterocycles. The number of benzene rings is 2. The predicted octanol–water partition coefficient (Wildman–Crippen LogP) is 6.02. The Morgan fingerprint density at radius 2 is 1.19 bits per heavy atom. The molecule has 0 atom stereocenters. The van der Waals surface area contributed by atoms with Gasteiger partial charge in [-0.05, 0) is 12.1 Å². The smallest absolute Gasteiger partial charge is 0.177 e. The molecule has 0 N–H and O–H groups in total. The molecule has 0 aliphatic heterocycles. The first kappa shape index (κ1) is 17.2. The topological polar surface area (TPSA) is 34.1 Å². The molecular formula is C13H7Cl5O2S. The lowest BCUT2D eigenvalue weighted by atomic mass is 10.1. The lowest BCUT2D eigenvalue weighted by molar-refractivity contribution is 0.602. The van der Waals surface area contributed by atoms with E-state index < -0.39 is 9.84 Å². The van der Waals surface area contributed by atoms with Crippen molar-refractivity contribution in [1.29, 1.82) is 0 Å². The van der Waals surface area contributed by atoms with E-state index in [1.807, 2.05) is 0 Å². The molecule has 0 aliphatic rings. The van der Waals surface area contributed by atoms with Gasteiger partial charge >= 0.3 is 0 Å². The SMILES string of the molecule is CS(=O)(=O)c1ccc(-c2ccc(Cl)c(Cl)c2Cl)c(Cl)c1Cl. The highest BCUT2D eigenvalue weighted by molar-refractivity contribution is 7.90. The van der Waals surface area contributed by atoms with Crippen molar-refractivity contribution in [2.24, 2.45) is 0 Å². The standard InChI is InChI=1S/C13H7Cl5O2S/c1-21(19,20)9-5-3-7(11(16)13(9)18)6-2-4-8(14)12(17)10(6)15/h2-5H,1H3. The molecule has 2 aromatic rings. The fourth-order valence-electron chi connectivity index (χ4n) is 1.76. The second kappa shape index (κ2) is 6.15. The fourth-order valence-corrected chi connectivity index (χ4v) is 4.05. The van der Waals surface area contributed by atoms with E-state index in [1.54, 1.807) is 12.1 Å². The summed E-state index contributed by atoms with van der Waals surface area (Å²) in [5.74, 6) is 0. The van der Waals surface area contributed by atoms with Crippen LogP contribution in [0.1, 0.15) is 0 Å². The number of halogens is 5. The van der Waals surface area contributed by atoms with Gasteiger partial charge in [0.05, 0.1) is 30.0 Å². The first-order valence-electron chi connectivity index (χ1n) is 5.46. The quantitative estimate of drug-likeness (QED) is 0.573. The molecule has 0 fully saturated rings. The Morgan fingerprint density at radius 3 is 1.71 bits per heavy atom. The van der Waals surface area contributed by atoms with Crippen molar-refractivity contribution in [2.45, 2.75) is 4.90 Å². The molecule has 8 heteroatoms. The molecule has 2 nitrogen and oxygen atoms in total. The van der Waals surface area contributed by atoms with E-state index in [0.717, 1.165) is 6.26 Å². The van der Waals surface area contributed by atoms with E-state index in [2.05, 4.69) is 0 Å². The number of hydrogen-bond donors (Lipinski definition) is 0. The predicted molar refractivity (Wildman–Crippen MR) is 90.0 cm³/mol. The van der Waals surface area contributed by atoms with E-state index in [1.165, 1.54) is 12.1 Å². The van der Waals surface area contributed by atoms with Crippen molar-refractivity contribution in [3.05, 3.63) is 49.4 Å². The van der Waals surface area contributed by atoms with Crippen molar-refractivity contribution in [2.75, 3.05) is 6.26 Å². The minimum Gasteiger partial charge on any atom is -0.224 e. The van der Waals surface area contributed by atoms with Gasteiger partial charge in [-0.15, -0.1) is 0 Å². The molecule has 0 heterocycles. The molecule has 0 aliphatic carbocycles. The van der Waals surface area contributed by atoms with Crippen LogP contribution in [-0.2, 0) is 9.84 Å². The minimum atomic E-state index is -3.48. The molecule has 0 bridgehead atoms. The number of rotatable bonds is 2. The summed E-state index contributed by atoms with van der Waals surface area (Å²) in [4.78, 5) is -0.0471. The van der Waals surface area contributed by atoms with Crippen LogP contribution in [0.15, 0.2) is 29.2 Å². The first-order valence-corrected chi connectivity index (χ1v) is 9.24. The lowest BCUT2D eigenvalue weighted by Crippen LogP contribution is -1.99. The zero-order valence-corrected chi connectivity index (χ0v) is 15.0. The summed E-state index contributed by atoms with van der Waals surface area (Å²) >= 11 is 30.2. The van der Waals surface area contributed by atoms with E-state index in [0.29, 0.717) is 16.1 Å². The number of hydrogen-bond acceptors (Lipinski definition) is 2. The summed E-state index contributed by atoms with van der Waals surface area (Å²) < 4.78 is 23.2. The maximum atomic E-state index is 11.6. The van der Waals surface area contributed by atoms with E-state index in [9.17, 15) is 8.42 Å². The minimum absolute atomic E-state index is 0.0471. The van der Waals surface area contributed by atoms with Gasteiger partial charge in [-0.3, -0.25) is 0 Å². The third kappa shape index (κ3) is 3.29. The van der Waals surface area contributed by atoms with Crippen LogP contribution in [0.5, 0.6) is 0 Å².